The summed E-state index contributed by atoms with van der Waals surface area (Å²) >= 11 is 0. The van der Waals surface area contributed by atoms with E-state index in [1.54, 1.807) is 0 Å². The highest BCUT2D eigenvalue weighted by Gasteiger charge is 2.36. The number of primary amides is 1. The van der Waals surface area contributed by atoms with Crippen molar-refractivity contribution in [3.63, 3.8) is 0 Å². The molecule has 0 aromatic rings. The summed E-state index contributed by atoms with van der Waals surface area (Å²) in [6.07, 6.45) is 6.92. The Bertz CT molecular complexity index is 288. The van der Waals surface area contributed by atoms with Crippen molar-refractivity contribution in [1.82, 2.24) is 9.80 Å². The Kier molecular flexibility index (Phi) is 5.22. The molecule has 2 aliphatic rings. The van der Waals surface area contributed by atoms with Crippen molar-refractivity contribution < 1.29 is 4.79 Å². The third kappa shape index (κ3) is 4.18. The van der Waals surface area contributed by atoms with Crippen LogP contribution in [-0.4, -0.2) is 55.0 Å². The third-order valence-electron chi connectivity index (χ3n) is 5.18. The third-order valence-corrected chi connectivity index (χ3v) is 5.18. The first-order chi connectivity index (χ1) is 9.13. The molecule has 1 amide bonds. The van der Waals surface area contributed by atoms with Crippen LogP contribution in [0.15, 0.2) is 0 Å². The summed E-state index contributed by atoms with van der Waals surface area (Å²) in [7, 11) is 0. The summed E-state index contributed by atoms with van der Waals surface area (Å²) in [6, 6.07) is 0. The van der Waals surface area contributed by atoms with Crippen LogP contribution in [0.25, 0.3) is 0 Å². The molecule has 0 bridgehead atoms. The van der Waals surface area contributed by atoms with E-state index >= 15 is 0 Å². The van der Waals surface area contributed by atoms with E-state index in [0.717, 1.165) is 13.0 Å². The minimum atomic E-state index is -0.166. The summed E-state index contributed by atoms with van der Waals surface area (Å²) in [5.41, 5.74) is 5.81. The molecule has 1 spiro atoms. The largest absolute Gasteiger partial charge is 0.370 e. The lowest BCUT2D eigenvalue weighted by molar-refractivity contribution is -0.118. The van der Waals surface area contributed by atoms with Crippen LogP contribution < -0.4 is 5.73 Å². The number of likely N-dealkylation sites (tertiary alicyclic amines) is 2. The molecule has 110 valence electrons. The molecule has 0 aliphatic carbocycles. The van der Waals surface area contributed by atoms with Gasteiger partial charge in [0.05, 0.1) is 0 Å². The van der Waals surface area contributed by atoms with Crippen molar-refractivity contribution in [3.05, 3.63) is 0 Å². The van der Waals surface area contributed by atoms with Gasteiger partial charge in [-0.25, -0.2) is 0 Å². The smallest absolute Gasteiger partial charge is 0.217 e. The van der Waals surface area contributed by atoms with Gasteiger partial charge in [-0.1, -0.05) is 6.92 Å². The maximum atomic E-state index is 10.7. The number of nitrogens with two attached hydrogens (primary N) is 1. The summed E-state index contributed by atoms with van der Waals surface area (Å²) in [5.74, 6) is -0.166. The molecule has 2 saturated heterocycles. The van der Waals surface area contributed by atoms with E-state index in [1.807, 2.05) is 0 Å². The van der Waals surface area contributed by atoms with E-state index in [4.69, 9.17) is 5.73 Å². The fourth-order valence-corrected chi connectivity index (χ4v) is 3.57. The lowest BCUT2D eigenvalue weighted by Crippen LogP contribution is -2.46. The van der Waals surface area contributed by atoms with Crippen LogP contribution in [0.2, 0.25) is 0 Å². The van der Waals surface area contributed by atoms with E-state index in [-0.39, 0.29) is 5.91 Å². The van der Waals surface area contributed by atoms with Crippen molar-refractivity contribution >= 4 is 5.91 Å². The molecule has 2 N–H and O–H groups in total. The van der Waals surface area contributed by atoms with Crippen LogP contribution in [0.4, 0.5) is 0 Å². The number of piperidine rings is 2. The molecule has 4 heteroatoms. The van der Waals surface area contributed by atoms with Crippen molar-refractivity contribution in [2.75, 3.05) is 39.3 Å². The van der Waals surface area contributed by atoms with Gasteiger partial charge in [0.25, 0.3) is 0 Å². The molecule has 0 radical (unpaired) electrons. The Balaban J connectivity index is 1.69. The maximum Gasteiger partial charge on any atom is 0.217 e. The normalized spacial score (nSPS) is 24.7. The zero-order chi connectivity index (χ0) is 13.7. The topological polar surface area (TPSA) is 49.6 Å². The summed E-state index contributed by atoms with van der Waals surface area (Å²) in [4.78, 5) is 15.8. The van der Waals surface area contributed by atoms with Gasteiger partial charge in [0.2, 0.25) is 5.91 Å². The Morgan fingerprint density at radius 2 is 1.58 bits per heavy atom. The Morgan fingerprint density at radius 3 is 2.05 bits per heavy atom. The van der Waals surface area contributed by atoms with E-state index in [1.165, 1.54) is 58.4 Å². The van der Waals surface area contributed by atoms with Gasteiger partial charge in [0.15, 0.2) is 0 Å². The molecule has 0 saturated carbocycles. The lowest BCUT2D eigenvalue weighted by Gasteiger charge is -2.46. The highest BCUT2D eigenvalue weighted by Crippen LogP contribution is 2.41. The second kappa shape index (κ2) is 6.71. The maximum absolute atomic E-state index is 10.7. The van der Waals surface area contributed by atoms with E-state index in [2.05, 4.69) is 16.7 Å². The molecular weight excluding hydrogens is 238 g/mol. The molecule has 0 aromatic heterocycles. The number of hydrogen-bond donors (Lipinski definition) is 1. The highest BCUT2D eigenvalue weighted by molar-refractivity contribution is 5.73. The van der Waals surface area contributed by atoms with Crippen LogP contribution in [0.5, 0.6) is 0 Å². The predicted molar refractivity (Wildman–Crippen MR) is 77.9 cm³/mol. The SMILES string of the molecule is CCN1CCC2(CC1)CCN(CCCC(N)=O)CC2. The summed E-state index contributed by atoms with van der Waals surface area (Å²) in [6.45, 7) is 9.51. The molecule has 19 heavy (non-hydrogen) atoms. The lowest BCUT2D eigenvalue weighted by atomic mass is 9.71. The van der Waals surface area contributed by atoms with Crippen LogP contribution in [0.3, 0.4) is 0 Å². The van der Waals surface area contributed by atoms with Gasteiger partial charge < -0.3 is 15.5 Å². The minimum absolute atomic E-state index is 0.166. The van der Waals surface area contributed by atoms with Gasteiger partial charge in [-0.15, -0.1) is 0 Å². The van der Waals surface area contributed by atoms with Gasteiger partial charge in [0.1, 0.15) is 0 Å². The Labute approximate surface area is 117 Å². The number of rotatable bonds is 5. The standard InChI is InChI=1S/C15H29N3O/c1-2-17-10-5-15(6-11-17)7-12-18(13-8-15)9-3-4-14(16)19/h2-13H2,1H3,(H2,16,19). The van der Waals surface area contributed by atoms with E-state index in [0.29, 0.717) is 11.8 Å². The van der Waals surface area contributed by atoms with Crippen LogP contribution in [0.1, 0.15) is 45.4 Å². The fraction of sp³-hybridized carbons (Fsp3) is 0.933. The first-order valence-corrected chi connectivity index (χ1v) is 7.87. The number of carbonyl (C=O) groups excluding carboxylic acids is 1. The summed E-state index contributed by atoms with van der Waals surface area (Å²) in [5, 5.41) is 0. The summed E-state index contributed by atoms with van der Waals surface area (Å²) < 4.78 is 0. The van der Waals surface area contributed by atoms with E-state index in [9.17, 15) is 4.79 Å². The van der Waals surface area contributed by atoms with Gasteiger partial charge in [-0.3, -0.25) is 4.79 Å². The van der Waals surface area contributed by atoms with E-state index < -0.39 is 0 Å². The number of hydrogen-bond acceptors (Lipinski definition) is 3. The van der Waals surface area contributed by atoms with Crippen molar-refractivity contribution in [2.24, 2.45) is 11.1 Å². The highest BCUT2D eigenvalue weighted by atomic mass is 16.1. The second-order valence-corrected chi connectivity index (χ2v) is 6.35. The molecule has 4 nitrogen and oxygen atoms in total. The number of carbonyl (C=O) groups is 1. The predicted octanol–water partition coefficient (Wildman–Crippen LogP) is 1.45. The number of amides is 1. The quantitative estimate of drug-likeness (QED) is 0.820. The van der Waals surface area contributed by atoms with Crippen molar-refractivity contribution in [3.8, 4) is 0 Å². The average Bonchev–Trinajstić information content (AvgIpc) is 2.42. The molecule has 0 aromatic carbocycles. The molecule has 0 unspecified atom stereocenters. The molecule has 2 fully saturated rings. The zero-order valence-corrected chi connectivity index (χ0v) is 12.4. The Hall–Kier alpha value is -0.610. The van der Waals surface area contributed by atoms with Crippen molar-refractivity contribution in [1.29, 1.82) is 0 Å². The molecule has 0 atom stereocenters. The second-order valence-electron chi connectivity index (χ2n) is 6.35. The molecule has 2 heterocycles. The van der Waals surface area contributed by atoms with Crippen LogP contribution in [-0.2, 0) is 4.79 Å². The van der Waals surface area contributed by atoms with Crippen LogP contribution in [0, 0.1) is 5.41 Å². The minimum Gasteiger partial charge on any atom is -0.370 e. The van der Waals surface area contributed by atoms with Crippen molar-refractivity contribution in [2.45, 2.75) is 45.4 Å². The molecule has 2 rings (SSSR count). The molecular formula is C15H29N3O. The number of nitrogens with zero attached hydrogens (tertiary/aromatic N) is 2. The zero-order valence-electron chi connectivity index (χ0n) is 12.4. The van der Waals surface area contributed by atoms with Gasteiger partial charge >= 0.3 is 0 Å². The Morgan fingerprint density at radius 1 is 1.05 bits per heavy atom. The van der Waals surface area contributed by atoms with Gasteiger partial charge in [-0.05, 0) is 76.8 Å². The van der Waals surface area contributed by atoms with Gasteiger partial charge in [-0.2, -0.15) is 0 Å². The average molecular weight is 267 g/mol. The first-order valence-electron chi connectivity index (χ1n) is 7.87. The molecule has 2 aliphatic heterocycles. The van der Waals surface area contributed by atoms with Gasteiger partial charge in [0, 0.05) is 6.42 Å². The van der Waals surface area contributed by atoms with Crippen LogP contribution >= 0.6 is 0 Å². The monoisotopic (exact) mass is 267 g/mol. The fourth-order valence-electron chi connectivity index (χ4n) is 3.57. The first kappa shape index (κ1) is 14.8.